The smallest absolute Gasteiger partial charge is 0.273 e. The Morgan fingerprint density at radius 2 is 1.68 bits per heavy atom. The highest BCUT2D eigenvalue weighted by molar-refractivity contribution is 6.30. The number of aryl methyl sites for hydroxylation is 1. The standard InChI is InChI=1S/C17H15ClN4O3/c1-10-15(9-19-22(10)13-5-3-12(18)4-6-13)17(24)21-20-16(23)14-7-8-25-11(14)2/h3-9H,1-2H3,(H,20,23)(H,21,24). The molecule has 2 N–H and O–H groups in total. The second-order valence-corrected chi connectivity index (χ2v) is 5.77. The zero-order valence-corrected chi connectivity index (χ0v) is 14.3. The molecule has 1 aromatic carbocycles. The fourth-order valence-electron chi connectivity index (χ4n) is 2.34. The summed E-state index contributed by atoms with van der Waals surface area (Å²) >= 11 is 5.88. The van der Waals surface area contributed by atoms with Crippen molar-refractivity contribution in [2.75, 3.05) is 0 Å². The summed E-state index contributed by atoms with van der Waals surface area (Å²) in [5, 5.41) is 4.83. The van der Waals surface area contributed by atoms with Crippen molar-refractivity contribution >= 4 is 23.4 Å². The first-order valence-electron chi connectivity index (χ1n) is 7.42. The first kappa shape index (κ1) is 16.8. The summed E-state index contributed by atoms with van der Waals surface area (Å²) < 4.78 is 6.68. The molecule has 0 aliphatic heterocycles. The maximum absolute atomic E-state index is 12.3. The van der Waals surface area contributed by atoms with Crippen molar-refractivity contribution in [2.45, 2.75) is 13.8 Å². The maximum Gasteiger partial charge on any atom is 0.273 e. The van der Waals surface area contributed by atoms with Crippen molar-refractivity contribution in [2.24, 2.45) is 0 Å². The summed E-state index contributed by atoms with van der Waals surface area (Å²) in [5.41, 5.74) is 6.84. The monoisotopic (exact) mass is 358 g/mol. The van der Waals surface area contributed by atoms with E-state index in [9.17, 15) is 9.59 Å². The Morgan fingerprint density at radius 1 is 1.04 bits per heavy atom. The van der Waals surface area contributed by atoms with Gasteiger partial charge in [0.1, 0.15) is 5.76 Å². The summed E-state index contributed by atoms with van der Waals surface area (Å²) in [4.78, 5) is 24.3. The number of rotatable bonds is 3. The van der Waals surface area contributed by atoms with E-state index in [1.54, 1.807) is 42.8 Å². The molecule has 0 unspecified atom stereocenters. The Morgan fingerprint density at radius 3 is 2.28 bits per heavy atom. The van der Waals surface area contributed by atoms with Crippen molar-refractivity contribution in [3.05, 3.63) is 70.4 Å². The molecule has 2 aromatic heterocycles. The van der Waals surface area contributed by atoms with Gasteiger partial charge in [-0.15, -0.1) is 0 Å². The highest BCUT2D eigenvalue weighted by atomic mass is 35.5. The van der Waals surface area contributed by atoms with E-state index in [-0.39, 0.29) is 0 Å². The average molecular weight is 359 g/mol. The highest BCUT2D eigenvalue weighted by Gasteiger charge is 2.17. The van der Waals surface area contributed by atoms with Crippen LogP contribution in [-0.2, 0) is 0 Å². The van der Waals surface area contributed by atoms with Crippen LogP contribution in [0.1, 0.15) is 32.2 Å². The highest BCUT2D eigenvalue weighted by Crippen LogP contribution is 2.17. The summed E-state index contributed by atoms with van der Waals surface area (Å²) in [6, 6.07) is 8.61. The molecule has 0 aliphatic carbocycles. The van der Waals surface area contributed by atoms with Crippen LogP contribution in [0.5, 0.6) is 0 Å². The molecule has 0 saturated heterocycles. The predicted octanol–water partition coefficient (Wildman–Crippen LogP) is 2.81. The number of furan rings is 1. The maximum atomic E-state index is 12.3. The molecule has 25 heavy (non-hydrogen) atoms. The van der Waals surface area contributed by atoms with Crippen LogP contribution in [0.3, 0.4) is 0 Å². The number of amides is 2. The fraction of sp³-hybridized carbons (Fsp3) is 0.118. The zero-order valence-electron chi connectivity index (χ0n) is 13.5. The van der Waals surface area contributed by atoms with E-state index in [1.165, 1.54) is 18.5 Å². The Balaban J connectivity index is 1.72. The van der Waals surface area contributed by atoms with Gasteiger partial charge >= 0.3 is 0 Å². The van der Waals surface area contributed by atoms with Gasteiger partial charge in [-0.25, -0.2) is 4.68 Å². The van der Waals surface area contributed by atoms with E-state index in [1.807, 2.05) is 0 Å². The van der Waals surface area contributed by atoms with Crippen LogP contribution >= 0.6 is 11.6 Å². The van der Waals surface area contributed by atoms with E-state index < -0.39 is 11.8 Å². The predicted molar refractivity (Wildman–Crippen MR) is 91.7 cm³/mol. The molecule has 0 bridgehead atoms. The van der Waals surface area contributed by atoms with Crippen LogP contribution in [0.15, 0.2) is 47.2 Å². The Kier molecular flexibility index (Phi) is 4.58. The largest absolute Gasteiger partial charge is 0.469 e. The minimum Gasteiger partial charge on any atom is -0.469 e. The normalized spacial score (nSPS) is 10.5. The van der Waals surface area contributed by atoms with Crippen molar-refractivity contribution in [3.8, 4) is 5.69 Å². The van der Waals surface area contributed by atoms with Gasteiger partial charge in [-0.05, 0) is 44.2 Å². The fourth-order valence-corrected chi connectivity index (χ4v) is 2.47. The van der Waals surface area contributed by atoms with Gasteiger partial charge in [0.05, 0.1) is 35.0 Å². The molecule has 0 spiro atoms. The third-order valence-electron chi connectivity index (χ3n) is 3.72. The number of carbonyl (C=O) groups is 2. The Bertz CT molecular complexity index is 928. The number of benzene rings is 1. The zero-order chi connectivity index (χ0) is 18.0. The third-order valence-corrected chi connectivity index (χ3v) is 3.97. The molecule has 2 heterocycles. The molecule has 0 atom stereocenters. The number of nitrogens with one attached hydrogen (secondary N) is 2. The molecule has 8 heteroatoms. The molecule has 128 valence electrons. The first-order chi connectivity index (χ1) is 12.0. The minimum absolute atomic E-state index is 0.346. The average Bonchev–Trinajstić information content (AvgIpc) is 3.19. The topological polar surface area (TPSA) is 89.2 Å². The van der Waals surface area contributed by atoms with Gasteiger partial charge in [-0.3, -0.25) is 20.4 Å². The van der Waals surface area contributed by atoms with E-state index >= 15 is 0 Å². The number of hydrazine groups is 1. The molecule has 7 nitrogen and oxygen atoms in total. The molecular weight excluding hydrogens is 344 g/mol. The lowest BCUT2D eigenvalue weighted by atomic mass is 10.2. The van der Waals surface area contributed by atoms with Gasteiger partial charge in [0.2, 0.25) is 0 Å². The van der Waals surface area contributed by atoms with Gasteiger partial charge < -0.3 is 4.42 Å². The molecule has 0 radical (unpaired) electrons. The first-order valence-corrected chi connectivity index (χ1v) is 7.80. The molecule has 0 saturated carbocycles. The van der Waals surface area contributed by atoms with Crippen molar-refractivity contribution in [1.82, 2.24) is 20.6 Å². The summed E-state index contributed by atoms with van der Waals surface area (Å²) in [6.07, 6.45) is 2.85. The number of nitrogens with zero attached hydrogens (tertiary/aromatic N) is 2. The van der Waals surface area contributed by atoms with Crippen LogP contribution in [0, 0.1) is 13.8 Å². The third kappa shape index (κ3) is 3.41. The van der Waals surface area contributed by atoms with Gasteiger partial charge in [0.15, 0.2) is 0 Å². The van der Waals surface area contributed by atoms with Gasteiger partial charge in [-0.1, -0.05) is 11.6 Å². The van der Waals surface area contributed by atoms with E-state index in [0.29, 0.717) is 27.6 Å². The lowest BCUT2D eigenvalue weighted by Gasteiger charge is -2.08. The van der Waals surface area contributed by atoms with Crippen molar-refractivity contribution < 1.29 is 14.0 Å². The van der Waals surface area contributed by atoms with Gasteiger partial charge in [0, 0.05) is 5.02 Å². The second-order valence-electron chi connectivity index (χ2n) is 5.33. The van der Waals surface area contributed by atoms with Crippen LogP contribution in [0.25, 0.3) is 5.69 Å². The van der Waals surface area contributed by atoms with E-state index in [0.717, 1.165) is 5.69 Å². The van der Waals surface area contributed by atoms with Crippen LogP contribution in [0.2, 0.25) is 5.02 Å². The summed E-state index contributed by atoms with van der Waals surface area (Å²) in [7, 11) is 0. The molecule has 0 aliphatic rings. The number of hydrogen-bond donors (Lipinski definition) is 2. The van der Waals surface area contributed by atoms with Gasteiger partial charge in [0.25, 0.3) is 11.8 Å². The van der Waals surface area contributed by atoms with Gasteiger partial charge in [-0.2, -0.15) is 5.10 Å². The molecule has 2 amide bonds. The second kappa shape index (κ2) is 6.82. The number of hydrogen-bond acceptors (Lipinski definition) is 4. The quantitative estimate of drug-likeness (QED) is 0.704. The van der Waals surface area contributed by atoms with E-state index in [2.05, 4.69) is 16.0 Å². The van der Waals surface area contributed by atoms with Crippen LogP contribution in [-0.4, -0.2) is 21.6 Å². The number of halogens is 1. The van der Waals surface area contributed by atoms with E-state index in [4.69, 9.17) is 16.0 Å². The molecular formula is C17H15ClN4O3. The molecule has 3 rings (SSSR count). The lowest BCUT2D eigenvalue weighted by molar-refractivity contribution is 0.0845. The minimum atomic E-state index is -0.466. The van der Waals surface area contributed by atoms with Crippen molar-refractivity contribution in [3.63, 3.8) is 0 Å². The van der Waals surface area contributed by atoms with Crippen LogP contribution in [0.4, 0.5) is 0 Å². The molecule has 0 fully saturated rings. The summed E-state index contributed by atoms with van der Waals surface area (Å²) in [5.74, 6) is -0.451. The Labute approximate surface area is 148 Å². The van der Waals surface area contributed by atoms with Crippen LogP contribution < -0.4 is 10.9 Å². The van der Waals surface area contributed by atoms with Crippen molar-refractivity contribution in [1.29, 1.82) is 0 Å². The lowest BCUT2D eigenvalue weighted by Crippen LogP contribution is -2.41. The number of carbonyl (C=O) groups excluding carboxylic acids is 2. The Hall–Kier alpha value is -3.06. The molecule has 3 aromatic rings. The SMILES string of the molecule is Cc1occc1C(=O)NNC(=O)c1cnn(-c2ccc(Cl)cc2)c1C. The number of aromatic nitrogens is 2. The summed E-state index contributed by atoms with van der Waals surface area (Å²) in [6.45, 7) is 3.43.